The number of halogens is 2. The quantitative estimate of drug-likeness (QED) is 0.798. The van der Waals surface area contributed by atoms with Crippen LogP contribution < -0.4 is 5.32 Å². The second-order valence-electron chi connectivity index (χ2n) is 4.36. The molecule has 1 amide bonds. The lowest BCUT2D eigenvalue weighted by molar-refractivity contribution is 0.0991. The van der Waals surface area contributed by atoms with Crippen LogP contribution in [0.4, 0.5) is 10.1 Å². The molecule has 1 heterocycles. The highest BCUT2D eigenvalue weighted by atomic mass is 35.5. The highest BCUT2D eigenvalue weighted by molar-refractivity contribution is 6.33. The standard InChI is InChI=1S/C15H9ClFN3O2/c16-12-7-2-1-6-11(12)14-19-20-15(22-14)13(21)18-10-5-3-4-9(17)8-10/h1-8H,(H,18,21). The number of nitrogens with zero attached hydrogens (tertiary/aromatic N) is 2. The number of amides is 1. The van der Waals surface area contributed by atoms with E-state index in [1.54, 1.807) is 30.3 Å². The van der Waals surface area contributed by atoms with E-state index in [0.29, 0.717) is 16.3 Å². The SMILES string of the molecule is O=C(Nc1cccc(F)c1)c1nnc(-c2ccccc2Cl)o1. The second kappa shape index (κ2) is 5.95. The number of aromatic nitrogens is 2. The van der Waals surface area contributed by atoms with Gasteiger partial charge in [0.25, 0.3) is 0 Å². The molecular weight excluding hydrogens is 309 g/mol. The van der Waals surface area contributed by atoms with Gasteiger partial charge in [0.15, 0.2) is 0 Å². The third-order valence-corrected chi connectivity index (χ3v) is 3.14. The number of anilines is 1. The molecule has 0 unspecified atom stereocenters. The molecule has 0 bridgehead atoms. The average molecular weight is 318 g/mol. The molecule has 0 radical (unpaired) electrons. The predicted molar refractivity (Wildman–Crippen MR) is 79.1 cm³/mol. The zero-order valence-corrected chi connectivity index (χ0v) is 11.8. The molecule has 0 saturated heterocycles. The fourth-order valence-corrected chi connectivity index (χ4v) is 2.03. The monoisotopic (exact) mass is 317 g/mol. The Bertz CT molecular complexity index is 835. The van der Waals surface area contributed by atoms with Crippen LogP contribution in [0, 0.1) is 5.82 Å². The van der Waals surface area contributed by atoms with Crippen molar-refractivity contribution < 1.29 is 13.6 Å². The van der Waals surface area contributed by atoms with Crippen molar-refractivity contribution >= 4 is 23.2 Å². The van der Waals surface area contributed by atoms with E-state index in [4.69, 9.17) is 16.0 Å². The van der Waals surface area contributed by atoms with Crippen molar-refractivity contribution in [2.24, 2.45) is 0 Å². The Balaban J connectivity index is 1.82. The maximum absolute atomic E-state index is 13.1. The van der Waals surface area contributed by atoms with Gasteiger partial charge in [-0.3, -0.25) is 4.79 Å². The second-order valence-corrected chi connectivity index (χ2v) is 4.76. The Hall–Kier alpha value is -2.73. The van der Waals surface area contributed by atoms with Crippen LogP contribution in [0.1, 0.15) is 10.7 Å². The number of benzene rings is 2. The van der Waals surface area contributed by atoms with Crippen molar-refractivity contribution in [3.63, 3.8) is 0 Å². The molecule has 0 saturated carbocycles. The lowest BCUT2D eigenvalue weighted by atomic mass is 10.2. The Morgan fingerprint density at radius 3 is 2.73 bits per heavy atom. The zero-order valence-electron chi connectivity index (χ0n) is 11.1. The van der Waals surface area contributed by atoms with Gasteiger partial charge in [-0.25, -0.2) is 4.39 Å². The molecule has 1 aromatic heterocycles. The normalized spacial score (nSPS) is 10.5. The van der Waals surface area contributed by atoms with Gasteiger partial charge in [-0.2, -0.15) is 0 Å². The number of hydrogen-bond donors (Lipinski definition) is 1. The molecule has 0 atom stereocenters. The molecule has 1 N–H and O–H groups in total. The largest absolute Gasteiger partial charge is 0.412 e. The van der Waals surface area contributed by atoms with Gasteiger partial charge in [-0.05, 0) is 30.3 Å². The Morgan fingerprint density at radius 2 is 1.95 bits per heavy atom. The highest BCUT2D eigenvalue weighted by Crippen LogP contribution is 2.26. The van der Waals surface area contributed by atoms with Crippen molar-refractivity contribution in [1.82, 2.24) is 10.2 Å². The summed E-state index contributed by atoms with van der Waals surface area (Å²) >= 11 is 6.02. The molecular formula is C15H9ClFN3O2. The van der Waals surface area contributed by atoms with Gasteiger partial charge in [-0.1, -0.05) is 29.8 Å². The number of hydrogen-bond acceptors (Lipinski definition) is 4. The van der Waals surface area contributed by atoms with Crippen molar-refractivity contribution in [2.75, 3.05) is 5.32 Å². The minimum absolute atomic E-state index is 0.134. The van der Waals surface area contributed by atoms with E-state index in [2.05, 4.69) is 15.5 Å². The summed E-state index contributed by atoms with van der Waals surface area (Å²) in [5.41, 5.74) is 0.823. The summed E-state index contributed by atoms with van der Waals surface area (Å²) in [6, 6.07) is 12.4. The van der Waals surface area contributed by atoms with E-state index < -0.39 is 11.7 Å². The first kappa shape index (κ1) is 14.2. The third-order valence-electron chi connectivity index (χ3n) is 2.81. The fraction of sp³-hybridized carbons (Fsp3) is 0. The molecule has 0 fully saturated rings. The van der Waals surface area contributed by atoms with Crippen LogP contribution in [-0.4, -0.2) is 16.1 Å². The van der Waals surface area contributed by atoms with E-state index in [-0.39, 0.29) is 11.8 Å². The topological polar surface area (TPSA) is 68.0 Å². The maximum Gasteiger partial charge on any atom is 0.313 e. The molecule has 110 valence electrons. The predicted octanol–water partition coefficient (Wildman–Crippen LogP) is 3.78. The summed E-state index contributed by atoms with van der Waals surface area (Å²) in [6.45, 7) is 0. The fourth-order valence-electron chi connectivity index (χ4n) is 1.81. The van der Waals surface area contributed by atoms with Gasteiger partial charge in [0.05, 0.1) is 10.6 Å². The minimum Gasteiger partial charge on any atom is -0.412 e. The number of carbonyl (C=O) groups is 1. The van der Waals surface area contributed by atoms with Crippen molar-refractivity contribution in [3.8, 4) is 11.5 Å². The molecule has 0 aliphatic carbocycles. The van der Waals surface area contributed by atoms with E-state index in [1.807, 2.05) is 0 Å². The summed E-state index contributed by atoms with van der Waals surface area (Å²) in [5, 5.41) is 10.4. The van der Waals surface area contributed by atoms with Crippen molar-refractivity contribution in [3.05, 3.63) is 65.3 Å². The van der Waals surface area contributed by atoms with E-state index >= 15 is 0 Å². The van der Waals surface area contributed by atoms with Gasteiger partial charge in [0.2, 0.25) is 5.89 Å². The third kappa shape index (κ3) is 2.96. The van der Waals surface area contributed by atoms with E-state index in [9.17, 15) is 9.18 Å². The summed E-state index contributed by atoms with van der Waals surface area (Å²) in [4.78, 5) is 12.0. The van der Waals surface area contributed by atoms with Gasteiger partial charge in [0.1, 0.15) is 5.82 Å². The van der Waals surface area contributed by atoms with Crippen molar-refractivity contribution in [2.45, 2.75) is 0 Å². The highest BCUT2D eigenvalue weighted by Gasteiger charge is 2.17. The molecule has 5 nitrogen and oxygen atoms in total. The molecule has 2 aromatic carbocycles. The van der Waals surface area contributed by atoms with Gasteiger partial charge in [-0.15, -0.1) is 10.2 Å². The lowest BCUT2D eigenvalue weighted by Crippen LogP contribution is -2.12. The van der Waals surface area contributed by atoms with Gasteiger partial charge >= 0.3 is 11.8 Å². The van der Waals surface area contributed by atoms with Crippen LogP contribution in [0.3, 0.4) is 0 Å². The molecule has 3 rings (SSSR count). The van der Waals surface area contributed by atoms with E-state index in [1.165, 1.54) is 18.2 Å². The smallest absolute Gasteiger partial charge is 0.313 e. The average Bonchev–Trinajstić information content (AvgIpc) is 2.97. The summed E-state index contributed by atoms with van der Waals surface area (Å²) in [7, 11) is 0. The maximum atomic E-state index is 13.1. The van der Waals surface area contributed by atoms with Crippen LogP contribution in [0.5, 0.6) is 0 Å². The summed E-state index contributed by atoms with van der Waals surface area (Å²) in [6.07, 6.45) is 0. The van der Waals surface area contributed by atoms with Crippen molar-refractivity contribution in [1.29, 1.82) is 0 Å². The molecule has 22 heavy (non-hydrogen) atoms. The molecule has 0 aliphatic rings. The molecule has 0 aliphatic heterocycles. The zero-order chi connectivity index (χ0) is 15.5. The number of nitrogens with one attached hydrogen (secondary N) is 1. The lowest BCUT2D eigenvalue weighted by Gasteiger charge is -2.01. The first-order valence-electron chi connectivity index (χ1n) is 6.29. The molecule has 3 aromatic rings. The van der Waals surface area contributed by atoms with Crippen LogP contribution in [-0.2, 0) is 0 Å². The first-order chi connectivity index (χ1) is 10.6. The Labute approximate surface area is 129 Å². The first-order valence-corrected chi connectivity index (χ1v) is 6.66. The minimum atomic E-state index is -0.628. The number of carbonyl (C=O) groups excluding carboxylic acids is 1. The van der Waals surface area contributed by atoms with Crippen LogP contribution in [0.2, 0.25) is 5.02 Å². The van der Waals surface area contributed by atoms with E-state index in [0.717, 1.165) is 0 Å². The number of rotatable bonds is 3. The van der Waals surface area contributed by atoms with Crippen LogP contribution >= 0.6 is 11.6 Å². The summed E-state index contributed by atoms with van der Waals surface area (Å²) in [5.74, 6) is -1.19. The summed E-state index contributed by atoms with van der Waals surface area (Å²) < 4.78 is 18.4. The molecule has 0 spiro atoms. The van der Waals surface area contributed by atoms with Gasteiger partial charge in [0, 0.05) is 5.69 Å². The molecule has 7 heteroatoms. The van der Waals surface area contributed by atoms with Crippen LogP contribution in [0.15, 0.2) is 52.9 Å². The Kier molecular flexibility index (Phi) is 3.84. The Morgan fingerprint density at radius 1 is 1.14 bits per heavy atom. The van der Waals surface area contributed by atoms with Crippen LogP contribution in [0.25, 0.3) is 11.5 Å². The van der Waals surface area contributed by atoms with Gasteiger partial charge < -0.3 is 9.73 Å².